The van der Waals surface area contributed by atoms with Crippen LogP contribution in [0.3, 0.4) is 0 Å². The summed E-state index contributed by atoms with van der Waals surface area (Å²) in [5, 5.41) is 14.4. The van der Waals surface area contributed by atoms with E-state index in [9.17, 15) is 0 Å². The van der Waals surface area contributed by atoms with Crippen LogP contribution in [-0.2, 0) is 6.54 Å². The van der Waals surface area contributed by atoms with Gasteiger partial charge in [0.25, 0.3) is 0 Å². The minimum absolute atomic E-state index is 0.408. The summed E-state index contributed by atoms with van der Waals surface area (Å²) >= 11 is 0. The van der Waals surface area contributed by atoms with Crippen molar-refractivity contribution in [2.75, 3.05) is 5.32 Å². The zero-order valence-corrected chi connectivity index (χ0v) is 11.1. The third-order valence-electron chi connectivity index (χ3n) is 2.54. The van der Waals surface area contributed by atoms with E-state index >= 15 is 0 Å². The SMILES string of the molecule is Cc1cc(NC(=NCc2cc[c]cc2)NC#N)ccn1. The molecule has 0 amide bonds. The van der Waals surface area contributed by atoms with Crippen LogP contribution in [0.5, 0.6) is 0 Å². The summed E-state index contributed by atoms with van der Waals surface area (Å²) in [6.45, 7) is 2.38. The lowest BCUT2D eigenvalue weighted by molar-refractivity contribution is 1.04. The number of hydrogen-bond acceptors (Lipinski definition) is 3. The molecular formula is C15H14N5. The number of aliphatic imine (C=N–C) groups is 1. The molecule has 1 heterocycles. The van der Waals surface area contributed by atoms with Gasteiger partial charge in [-0.2, -0.15) is 5.26 Å². The molecule has 0 aliphatic rings. The maximum absolute atomic E-state index is 8.77. The molecule has 0 spiro atoms. The van der Waals surface area contributed by atoms with Crippen molar-refractivity contribution in [2.24, 2.45) is 4.99 Å². The van der Waals surface area contributed by atoms with E-state index in [1.165, 1.54) is 0 Å². The van der Waals surface area contributed by atoms with Crippen LogP contribution >= 0.6 is 0 Å². The predicted octanol–water partition coefficient (Wildman–Crippen LogP) is 2.23. The van der Waals surface area contributed by atoms with Crippen molar-refractivity contribution in [2.45, 2.75) is 13.5 Å². The summed E-state index contributed by atoms with van der Waals surface area (Å²) in [6.07, 6.45) is 3.58. The lowest BCUT2D eigenvalue weighted by atomic mass is 10.2. The van der Waals surface area contributed by atoms with Crippen molar-refractivity contribution in [3.05, 3.63) is 59.9 Å². The first-order chi connectivity index (χ1) is 9.78. The fourth-order valence-corrected chi connectivity index (χ4v) is 1.62. The Morgan fingerprint density at radius 2 is 2.20 bits per heavy atom. The molecule has 2 aromatic rings. The highest BCUT2D eigenvalue weighted by atomic mass is 15.2. The Morgan fingerprint density at radius 3 is 2.90 bits per heavy atom. The Kier molecular flexibility index (Phi) is 4.68. The van der Waals surface area contributed by atoms with Crippen LogP contribution in [0.2, 0.25) is 0 Å². The van der Waals surface area contributed by atoms with Gasteiger partial charge in [0.2, 0.25) is 5.96 Å². The van der Waals surface area contributed by atoms with Crippen molar-refractivity contribution in [3.8, 4) is 6.19 Å². The van der Waals surface area contributed by atoms with E-state index < -0.39 is 0 Å². The Bertz CT molecular complexity index is 628. The Labute approximate surface area is 118 Å². The van der Waals surface area contributed by atoms with Crippen molar-refractivity contribution >= 4 is 11.6 Å². The molecule has 1 radical (unpaired) electrons. The third kappa shape index (κ3) is 4.10. The fraction of sp³-hybridized carbons (Fsp3) is 0.133. The topological polar surface area (TPSA) is 73.1 Å². The zero-order valence-electron chi connectivity index (χ0n) is 11.1. The minimum atomic E-state index is 0.408. The van der Waals surface area contributed by atoms with Crippen LogP contribution in [0, 0.1) is 24.4 Å². The van der Waals surface area contributed by atoms with Crippen molar-refractivity contribution in [1.29, 1.82) is 5.26 Å². The lowest BCUT2D eigenvalue weighted by Crippen LogP contribution is -2.26. The molecule has 20 heavy (non-hydrogen) atoms. The highest BCUT2D eigenvalue weighted by Crippen LogP contribution is 2.07. The van der Waals surface area contributed by atoms with Gasteiger partial charge in [0.1, 0.15) is 0 Å². The standard InChI is InChI=1S/C15H14N5/c1-12-9-14(7-8-17-12)20-15(19-11-16)18-10-13-5-3-2-4-6-13/h3-9H,10H2,1H3,(H2,17,18,19,20). The highest BCUT2D eigenvalue weighted by Gasteiger charge is 2.00. The number of nitriles is 1. The molecule has 0 saturated carbocycles. The number of aromatic nitrogens is 1. The molecule has 5 heteroatoms. The summed E-state index contributed by atoms with van der Waals surface area (Å²) in [5.41, 5.74) is 2.78. The first kappa shape index (κ1) is 13.6. The number of rotatable bonds is 3. The van der Waals surface area contributed by atoms with Crippen LogP contribution in [0.15, 0.2) is 47.6 Å². The van der Waals surface area contributed by atoms with Gasteiger partial charge in [-0.05, 0) is 30.7 Å². The number of anilines is 1. The number of guanidine groups is 1. The second-order valence-corrected chi connectivity index (χ2v) is 4.12. The van der Waals surface area contributed by atoms with E-state index in [1.807, 2.05) is 49.5 Å². The summed E-state index contributed by atoms with van der Waals surface area (Å²) in [5.74, 6) is 0.408. The summed E-state index contributed by atoms with van der Waals surface area (Å²) in [7, 11) is 0. The summed E-state index contributed by atoms with van der Waals surface area (Å²) in [4.78, 5) is 8.46. The van der Waals surface area contributed by atoms with Gasteiger partial charge in [-0.25, -0.2) is 4.99 Å². The minimum Gasteiger partial charge on any atom is -0.325 e. The average Bonchev–Trinajstić information content (AvgIpc) is 2.46. The molecule has 1 aromatic carbocycles. The van der Waals surface area contributed by atoms with Gasteiger partial charge in [0.15, 0.2) is 6.19 Å². The first-order valence-electron chi connectivity index (χ1n) is 6.12. The molecule has 0 fully saturated rings. The van der Waals surface area contributed by atoms with Gasteiger partial charge >= 0.3 is 0 Å². The molecule has 0 saturated heterocycles. The molecule has 0 aliphatic heterocycles. The lowest BCUT2D eigenvalue weighted by Gasteiger charge is -2.08. The van der Waals surface area contributed by atoms with Crippen molar-refractivity contribution < 1.29 is 0 Å². The van der Waals surface area contributed by atoms with E-state index in [0.717, 1.165) is 16.9 Å². The average molecular weight is 264 g/mol. The van der Waals surface area contributed by atoms with E-state index in [2.05, 4.69) is 26.7 Å². The quantitative estimate of drug-likeness (QED) is 0.386. The van der Waals surface area contributed by atoms with Gasteiger partial charge in [-0.3, -0.25) is 10.3 Å². The number of aryl methyl sites for hydroxylation is 1. The molecule has 0 atom stereocenters. The number of hydrogen-bond donors (Lipinski definition) is 2. The molecule has 1 aromatic heterocycles. The molecule has 0 aliphatic carbocycles. The monoisotopic (exact) mass is 264 g/mol. The van der Waals surface area contributed by atoms with E-state index in [4.69, 9.17) is 5.26 Å². The largest absolute Gasteiger partial charge is 0.325 e. The summed E-state index contributed by atoms with van der Waals surface area (Å²) < 4.78 is 0. The molecule has 2 rings (SSSR count). The van der Waals surface area contributed by atoms with E-state index in [-0.39, 0.29) is 0 Å². The normalized spacial score (nSPS) is 10.7. The number of nitrogens with zero attached hydrogens (tertiary/aromatic N) is 3. The smallest absolute Gasteiger partial charge is 0.209 e. The van der Waals surface area contributed by atoms with Crippen LogP contribution in [0.25, 0.3) is 0 Å². The van der Waals surface area contributed by atoms with Crippen molar-refractivity contribution in [3.63, 3.8) is 0 Å². The van der Waals surface area contributed by atoms with Crippen LogP contribution in [-0.4, -0.2) is 10.9 Å². The molecule has 0 unspecified atom stereocenters. The second kappa shape index (κ2) is 6.90. The number of nitrogens with one attached hydrogen (secondary N) is 2. The fourth-order valence-electron chi connectivity index (χ4n) is 1.62. The highest BCUT2D eigenvalue weighted by molar-refractivity contribution is 5.94. The third-order valence-corrected chi connectivity index (χ3v) is 2.54. The molecule has 99 valence electrons. The van der Waals surface area contributed by atoms with Gasteiger partial charge in [0.05, 0.1) is 6.54 Å². The maximum Gasteiger partial charge on any atom is 0.209 e. The Hall–Kier alpha value is -2.87. The number of benzene rings is 1. The first-order valence-corrected chi connectivity index (χ1v) is 6.12. The summed E-state index contributed by atoms with van der Waals surface area (Å²) in [6, 6.07) is 14.2. The van der Waals surface area contributed by atoms with Crippen LogP contribution in [0.4, 0.5) is 5.69 Å². The second-order valence-electron chi connectivity index (χ2n) is 4.12. The molecule has 0 bridgehead atoms. The Morgan fingerprint density at radius 1 is 1.40 bits per heavy atom. The van der Waals surface area contributed by atoms with Gasteiger partial charge in [-0.15, -0.1) is 0 Å². The van der Waals surface area contributed by atoms with Gasteiger partial charge < -0.3 is 5.32 Å². The molecular weight excluding hydrogens is 250 g/mol. The van der Waals surface area contributed by atoms with Crippen molar-refractivity contribution in [1.82, 2.24) is 10.3 Å². The maximum atomic E-state index is 8.77. The molecule has 5 nitrogen and oxygen atoms in total. The number of pyridine rings is 1. The van der Waals surface area contributed by atoms with Crippen LogP contribution < -0.4 is 10.6 Å². The predicted molar refractivity (Wildman–Crippen MR) is 77.8 cm³/mol. The Balaban J connectivity index is 2.09. The van der Waals surface area contributed by atoms with Gasteiger partial charge in [0, 0.05) is 17.6 Å². The van der Waals surface area contributed by atoms with E-state index in [1.54, 1.807) is 6.20 Å². The zero-order chi connectivity index (χ0) is 14.2. The van der Waals surface area contributed by atoms with Gasteiger partial charge in [-0.1, -0.05) is 24.3 Å². The molecule has 2 N–H and O–H groups in total. The van der Waals surface area contributed by atoms with E-state index in [0.29, 0.717) is 12.5 Å². The van der Waals surface area contributed by atoms with Crippen LogP contribution in [0.1, 0.15) is 11.3 Å².